The zero-order valence-electron chi connectivity index (χ0n) is 31.5. The second kappa shape index (κ2) is 14.0. The standard InChI is InChI=1S/C54H35N3S/c1-4-15-36(16-5-1)39-18-14-19-41(33-39)52-55-51(38-29-27-37(28-30-38)50-35-40-17-10-13-26-49(40)58-50)56-53(57-52)42-31-32-46-45-24-11-12-25-47(45)54(48(46)34-42,43-20-6-2-7-21-43)44-22-8-3-9-23-44/h1-35H. The van der Waals surface area contributed by atoms with Crippen molar-refractivity contribution in [1.82, 2.24) is 15.0 Å². The predicted octanol–water partition coefficient (Wildman–Crippen LogP) is 13.8. The molecule has 10 aromatic rings. The van der Waals surface area contributed by atoms with Crippen LogP contribution in [0.3, 0.4) is 0 Å². The van der Waals surface area contributed by atoms with E-state index in [1.807, 2.05) is 17.4 Å². The summed E-state index contributed by atoms with van der Waals surface area (Å²) in [5.74, 6) is 1.90. The second-order valence-corrected chi connectivity index (χ2v) is 15.9. The minimum Gasteiger partial charge on any atom is -0.208 e. The van der Waals surface area contributed by atoms with E-state index in [2.05, 4.69) is 206 Å². The highest BCUT2D eigenvalue weighted by Gasteiger charge is 2.46. The molecule has 2 heterocycles. The van der Waals surface area contributed by atoms with E-state index < -0.39 is 5.41 Å². The fourth-order valence-corrected chi connectivity index (χ4v) is 9.79. The van der Waals surface area contributed by atoms with E-state index in [-0.39, 0.29) is 0 Å². The van der Waals surface area contributed by atoms with Crippen LogP contribution in [-0.2, 0) is 5.41 Å². The first-order chi connectivity index (χ1) is 28.7. The van der Waals surface area contributed by atoms with Crippen molar-refractivity contribution in [2.45, 2.75) is 5.41 Å². The zero-order chi connectivity index (χ0) is 38.5. The van der Waals surface area contributed by atoms with Gasteiger partial charge in [-0.3, -0.25) is 0 Å². The van der Waals surface area contributed by atoms with Gasteiger partial charge in [0, 0.05) is 26.3 Å². The average molecular weight is 758 g/mol. The van der Waals surface area contributed by atoms with Crippen LogP contribution in [0.25, 0.3) is 76.9 Å². The van der Waals surface area contributed by atoms with Gasteiger partial charge in [0.15, 0.2) is 17.5 Å². The Hall–Kier alpha value is -7.27. The van der Waals surface area contributed by atoms with E-state index >= 15 is 0 Å². The molecule has 0 radical (unpaired) electrons. The molecule has 272 valence electrons. The van der Waals surface area contributed by atoms with Gasteiger partial charge in [-0.1, -0.05) is 188 Å². The predicted molar refractivity (Wildman–Crippen MR) is 240 cm³/mol. The lowest BCUT2D eigenvalue weighted by Crippen LogP contribution is -2.28. The molecule has 0 unspecified atom stereocenters. The largest absolute Gasteiger partial charge is 0.208 e. The van der Waals surface area contributed by atoms with E-state index in [4.69, 9.17) is 15.0 Å². The summed E-state index contributed by atoms with van der Waals surface area (Å²) < 4.78 is 1.28. The topological polar surface area (TPSA) is 38.7 Å². The zero-order valence-corrected chi connectivity index (χ0v) is 32.3. The molecule has 1 aliphatic rings. The summed E-state index contributed by atoms with van der Waals surface area (Å²) in [7, 11) is 0. The Morgan fingerprint density at radius 2 is 0.845 bits per heavy atom. The molecule has 0 atom stereocenters. The highest BCUT2D eigenvalue weighted by atomic mass is 32.1. The highest BCUT2D eigenvalue weighted by molar-refractivity contribution is 7.22. The first-order valence-electron chi connectivity index (χ1n) is 19.6. The molecule has 0 N–H and O–H groups in total. The highest BCUT2D eigenvalue weighted by Crippen LogP contribution is 2.56. The molecule has 8 aromatic carbocycles. The Balaban J connectivity index is 1.10. The molecule has 11 rings (SSSR count). The third kappa shape index (κ3) is 5.69. The van der Waals surface area contributed by atoms with Crippen LogP contribution in [0, 0.1) is 0 Å². The number of nitrogens with zero attached hydrogens (tertiary/aromatic N) is 3. The monoisotopic (exact) mass is 757 g/mol. The summed E-state index contributed by atoms with van der Waals surface area (Å²) in [5.41, 5.74) is 13.1. The van der Waals surface area contributed by atoms with Gasteiger partial charge in [-0.2, -0.15) is 0 Å². The Kier molecular flexibility index (Phi) is 8.23. The lowest BCUT2D eigenvalue weighted by atomic mass is 9.67. The molecule has 0 saturated heterocycles. The minimum absolute atomic E-state index is 0.532. The van der Waals surface area contributed by atoms with Crippen molar-refractivity contribution >= 4 is 21.4 Å². The molecule has 58 heavy (non-hydrogen) atoms. The van der Waals surface area contributed by atoms with E-state index in [0.717, 1.165) is 27.8 Å². The first-order valence-corrected chi connectivity index (χ1v) is 20.4. The molecule has 1 aliphatic carbocycles. The Morgan fingerprint density at radius 3 is 1.55 bits per heavy atom. The van der Waals surface area contributed by atoms with Gasteiger partial charge in [0.05, 0.1) is 5.41 Å². The quantitative estimate of drug-likeness (QED) is 0.162. The molecular weight excluding hydrogens is 723 g/mol. The number of thiophene rings is 1. The van der Waals surface area contributed by atoms with Crippen LogP contribution >= 0.6 is 11.3 Å². The molecule has 0 bridgehead atoms. The maximum atomic E-state index is 5.27. The molecule has 0 fully saturated rings. The van der Waals surface area contributed by atoms with E-state index in [0.29, 0.717) is 17.5 Å². The Morgan fingerprint density at radius 1 is 0.328 bits per heavy atom. The fraction of sp³-hybridized carbons (Fsp3) is 0.0185. The normalized spacial score (nSPS) is 12.6. The summed E-state index contributed by atoms with van der Waals surface area (Å²) >= 11 is 1.81. The van der Waals surface area contributed by atoms with Gasteiger partial charge in [-0.05, 0) is 79.7 Å². The summed E-state index contributed by atoms with van der Waals surface area (Å²) in [6.07, 6.45) is 0. The van der Waals surface area contributed by atoms with E-state index in [1.165, 1.54) is 53.9 Å². The molecule has 0 aliphatic heterocycles. The molecule has 0 spiro atoms. The molecule has 3 nitrogen and oxygen atoms in total. The van der Waals surface area contributed by atoms with Crippen LogP contribution in [0.5, 0.6) is 0 Å². The van der Waals surface area contributed by atoms with Crippen molar-refractivity contribution < 1.29 is 0 Å². The van der Waals surface area contributed by atoms with Crippen molar-refractivity contribution in [3.63, 3.8) is 0 Å². The van der Waals surface area contributed by atoms with Crippen molar-refractivity contribution in [1.29, 1.82) is 0 Å². The number of rotatable bonds is 7. The summed E-state index contributed by atoms with van der Waals surface area (Å²) in [6, 6.07) is 75.8. The number of hydrogen-bond acceptors (Lipinski definition) is 4. The second-order valence-electron chi connectivity index (χ2n) is 14.8. The Labute approximate surface area is 341 Å². The maximum Gasteiger partial charge on any atom is 0.164 e. The number of hydrogen-bond donors (Lipinski definition) is 0. The molecule has 0 saturated carbocycles. The lowest BCUT2D eigenvalue weighted by Gasteiger charge is -2.34. The fourth-order valence-electron chi connectivity index (χ4n) is 8.72. The van der Waals surface area contributed by atoms with Crippen LogP contribution in [0.4, 0.5) is 0 Å². The van der Waals surface area contributed by atoms with Gasteiger partial charge in [-0.25, -0.2) is 15.0 Å². The summed E-state index contributed by atoms with van der Waals surface area (Å²) in [5, 5.41) is 1.26. The van der Waals surface area contributed by atoms with Crippen molar-refractivity contribution in [2.75, 3.05) is 0 Å². The van der Waals surface area contributed by atoms with Gasteiger partial charge in [-0.15, -0.1) is 11.3 Å². The minimum atomic E-state index is -0.532. The average Bonchev–Trinajstić information content (AvgIpc) is 3.88. The molecule has 4 heteroatoms. The van der Waals surface area contributed by atoms with Crippen LogP contribution < -0.4 is 0 Å². The lowest BCUT2D eigenvalue weighted by molar-refractivity contribution is 0.768. The molecular formula is C54H35N3S. The van der Waals surface area contributed by atoms with E-state index in [9.17, 15) is 0 Å². The van der Waals surface area contributed by atoms with Crippen LogP contribution in [0.15, 0.2) is 212 Å². The smallest absolute Gasteiger partial charge is 0.164 e. The van der Waals surface area contributed by atoms with Gasteiger partial charge in [0.2, 0.25) is 0 Å². The summed E-state index contributed by atoms with van der Waals surface area (Å²) in [4.78, 5) is 17.0. The molecule has 0 amide bonds. The van der Waals surface area contributed by atoms with Crippen molar-refractivity contribution in [3.8, 4) is 66.9 Å². The van der Waals surface area contributed by atoms with Gasteiger partial charge in [0.25, 0.3) is 0 Å². The van der Waals surface area contributed by atoms with Crippen molar-refractivity contribution in [2.24, 2.45) is 0 Å². The summed E-state index contributed by atoms with van der Waals surface area (Å²) in [6.45, 7) is 0. The van der Waals surface area contributed by atoms with Crippen molar-refractivity contribution in [3.05, 3.63) is 235 Å². The maximum absolute atomic E-state index is 5.27. The number of aromatic nitrogens is 3. The third-order valence-corrected chi connectivity index (χ3v) is 12.6. The van der Waals surface area contributed by atoms with Gasteiger partial charge in [0.1, 0.15) is 0 Å². The van der Waals surface area contributed by atoms with Crippen LogP contribution in [0.2, 0.25) is 0 Å². The van der Waals surface area contributed by atoms with Gasteiger partial charge >= 0.3 is 0 Å². The number of benzene rings is 8. The first kappa shape index (κ1) is 34.0. The van der Waals surface area contributed by atoms with Crippen LogP contribution in [-0.4, -0.2) is 15.0 Å². The molecule has 2 aromatic heterocycles. The number of fused-ring (bicyclic) bond motifs is 4. The van der Waals surface area contributed by atoms with E-state index in [1.54, 1.807) is 0 Å². The third-order valence-electron chi connectivity index (χ3n) is 11.4. The van der Waals surface area contributed by atoms with Gasteiger partial charge < -0.3 is 0 Å². The van der Waals surface area contributed by atoms with Crippen LogP contribution in [0.1, 0.15) is 22.3 Å². The Bertz CT molecular complexity index is 3030. The SMILES string of the molecule is c1ccc(-c2cccc(-c3nc(-c4ccc(-c5cc6ccccc6s5)cc4)nc(-c4ccc5c(c4)C(c4ccccc4)(c4ccccc4)c4ccccc4-5)n3)c2)cc1.